The average molecular weight is 791 g/mol. The number of amides is 5. The number of alkyl carbamates (subject to hydrolysis) is 1. The molecule has 310 valence electrons. The highest BCUT2D eigenvalue weighted by atomic mass is 16.6. The second-order valence-electron chi connectivity index (χ2n) is 17.1. The third-order valence-corrected chi connectivity index (χ3v) is 10.1. The van der Waals surface area contributed by atoms with Gasteiger partial charge in [0.25, 0.3) is 0 Å². The molecule has 0 saturated carbocycles. The van der Waals surface area contributed by atoms with Crippen molar-refractivity contribution >= 4 is 40.9 Å². The largest absolute Gasteiger partial charge is 0.497 e. The predicted molar refractivity (Wildman–Crippen MR) is 212 cm³/mol. The molecule has 3 aromatic rings. The molecule has 5 atom stereocenters. The number of rotatable bonds is 11. The second kappa shape index (κ2) is 17.8. The molecule has 0 bridgehead atoms. The zero-order valence-electron chi connectivity index (χ0n) is 34.6. The Balaban J connectivity index is 1.34. The van der Waals surface area contributed by atoms with Crippen LogP contribution in [0.1, 0.15) is 91.8 Å². The zero-order chi connectivity index (χ0) is 41.7. The summed E-state index contributed by atoms with van der Waals surface area (Å²) in [4.78, 5) is 73.2. The molecule has 16 heteroatoms. The monoisotopic (exact) mass is 790 g/mol. The first kappa shape index (κ1) is 42.7. The Morgan fingerprint density at radius 2 is 1.61 bits per heavy atom. The van der Waals surface area contributed by atoms with Crippen LogP contribution in [0, 0.1) is 5.92 Å². The SMILES string of the molecule is COc1ccc(C[C@@H]2C[C@@H](C(=O)NC(C)c3ccc4[nH]nnc4c3)N(C(=O)C(CCC(=O)N3CCN(C(=O)OC(C)(C)C)CC3C)NC(=O)OC(C)(C)C)C2)cc1. The molecular formula is C41H58N8O8. The van der Waals surface area contributed by atoms with E-state index in [4.69, 9.17) is 14.2 Å². The van der Waals surface area contributed by atoms with Crippen LogP contribution in [0.4, 0.5) is 9.59 Å². The van der Waals surface area contributed by atoms with Gasteiger partial charge in [-0.05, 0) is 116 Å². The van der Waals surface area contributed by atoms with Crippen molar-refractivity contribution in [1.82, 2.24) is 40.7 Å². The number of methoxy groups -OCH3 is 1. The standard InChI is InChI=1S/C41H58N8O8/c1-25-23-47(39(54)57-41(6,7)8)18-19-48(25)35(50)17-16-32(43-38(53)56-40(3,4)5)37(52)49-24-28(20-27-10-13-30(55-9)14-11-27)21-34(49)36(51)42-26(2)29-12-15-31-33(22-29)45-46-44-31/h10-15,22,25-26,28,32,34H,16-21,23-24H2,1-9H3,(H,42,51)(H,43,53)(H,44,45,46)/t25?,26?,28-,32?,34+/m1/s1. The van der Waals surface area contributed by atoms with Crippen molar-refractivity contribution in [3.63, 3.8) is 0 Å². The van der Waals surface area contributed by atoms with Gasteiger partial charge in [-0.3, -0.25) is 19.5 Å². The van der Waals surface area contributed by atoms with Crippen molar-refractivity contribution in [2.24, 2.45) is 5.92 Å². The second-order valence-corrected chi connectivity index (χ2v) is 17.1. The lowest BCUT2D eigenvalue weighted by Gasteiger charge is -2.40. The molecule has 5 amide bonds. The predicted octanol–water partition coefficient (Wildman–Crippen LogP) is 4.74. The van der Waals surface area contributed by atoms with Crippen molar-refractivity contribution in [3.8, 4) is 5.75 Å². The molecule has 0 radical (unpaired) electrons. The van der Waals surface area contributed by atoms with Gasteiger partial charge in [-0.15, -0.1) is 5.10 Å². The summed E-state index contributed by atoms with van der Waals surface area (Å²) in [5, 5.41) is 16.6. The van der Waals surface area contributed by atoms with Crippen molar-refractivity contribution in [1.29, 1.82) is 0 Å². The number of benzene rings is 2. The summed E-state index contributed by atoms with van der Waals surface area (Å²) < 4.78 is 16.4. The summed E-state index contributed by atoms with van der Waals surface area (Å²) in [7, 11) is 1.60. The smallest absolute Gasteiger partial charge is 0.410 e. The Kier molecular flexibility index (Phi) is 13.3. The van der Waals surface area contributed by atoms with E-state index in [1.807, 2.05) is 56.3 Å². The fourth-order valence-electron chi connectivity index (χ4n) is 7.32. The molecule has 2 aliphatic heterocycles. The van der Waals surface area contributed by atoms with E-state index in [2.05, 4.69) is 26.0 Å². The molecule has 0 aliphatic carbocycles. The highest BCUT2D eigenvalue weighted by Gasteiger charge is 2.43. The summed E-state index contributed by atoms with van der Waals surface area (Å²) in [6.07, 6.45) is -0.349. The number of aromatic amines is 1. The van der Waals surface area contributed by atoms with Gasteiger partial charge in [0.1, 0.15) is 34.6 Å². The van der Waals surface area contributed by atoms with Gasteiger partial charge in [0.05, 0.1) is 18.7 Å². The van der Waals surface area contributed by atoms with Crippen LogP contribution in [-0.2, 0) is 30.3 Å². The normalized spacial score (nSPS) is 19.8. The molecule has 3 unspecified atom stereocenters. The Bertz CT molecular complexity index is 1900. The summed E-state index contributed by atoms with van der Waals surface area (Å²) in [5.74, 6) is -0.392. The van der Waals surface area contributed by atoms with Gasteiger partial charge < -0.3 is 39.5 Å². The van der Waals surface area contributed by atoms with Crippen LogP contribution >= 0.6 is 0 Å². The van der Waals surface area contributed by atoms with Gasteiger partial charge in [0.15, 0.2) is 0 Å². The van der Waals surface area contributed by atoms with E-state index in [0.29, 0.717) is 38.0 Å². The minimum absolute atomic E-state index is 0.0297. The summed E-state index contributed by atoms with van der Waals surface area (Å²) in [6.45, 7) is 15.4. The van der Waals surface area contributed by atoms with Crippen LogP contribution in [0.2, 0.25) is 0 Å². The third-order valence-electron chi connectivity index (χ3n) is 10.1. The quantitative estimate of drug-likeness (QED) is 0.245. The molecule has 16 nitrogen and oxygen atoms in total. The number of carbonyl (C=O) groups excluding carboxylic acids is 5. The molecule has 2 fully saturated rings. The molecule has 2 aromatic carbocycles. The molecule has 2 aliphatic rings. The van der Waals surface area contributed by atoms with Gasteiger partial charge in [-0.1, -0.05) is 23.4 Å². The summed E-state index contributed by atoms with van der Waals surface area (Å²) in [5.41, 5.74) is 1.78. The number of likely N-dealkylation sites (tertiary alicyclic amines) is 1. The number of hydrogen-bond acceptors (Lipinski definition) is 10. The van der Waals surface area contributed by atoms with Gasteiger partial charge in [0.2, 0.25) is 17.7 Å². The first-order chi connectivity index (χ1) is 26.8. The van der Waals surface area contributed by atoms with E-state index < -0.39 is 47.4 Å². The highest BCUT2D eigenvalue weighted by Crippen LogP contribution is 2.30. The van der Waals surface area contributed by atoms with Crippen LogP contribution in [0.25, 0.3) is 11.0 Å². The number of carbonyl (C=O) groups is 5. The van der Waals surface area contributed by atoms with Crippen molar-refractivity contribution < 1.29 is 38.2 Å². The van der Waals surface area contributed by atoms with Crippen LogP contribution in [-0.4, -0.2) is 123 Å². The van der Waals surface area contributed by atoms with Gasteiger partial charge in [-0.25, -0.2) is 9.59 Å². The maximum atomic E-state index is 14.7. The number of aromatic nitrogens is 3. The number of nitrogens with one attached hydrogen (secondary N) is 3. The lowest BCUT2D eigenvalue weighted by atomic mass is 9.96. The van der Waals surface area contributed by atoms with E-state index in [0.717, 1.165) is 22.4 Å². The first-order valence-electron chi connectivity index (χ1n) is 19.6. The lowest BCUT2D eigenvalue weighted by Crippen LogP contribution is -2.57. The number of fused-ring (bicyclic) bond motifs is 1. The molecule has 2 saturated heterocycles. The molecule has 0 spiro atoms. The van der Waals surface area contributed by atoms with Crippen LogP contribution in [0.3, 0.4) is 0 Å². The van der Waals surface area contributed by atoms with Gasteiger partial charge in [0, 0.05) is 38.6 Å². The number of piperazine rings is 1. The fraction of sp³-hybridized carbons (Fsp3) is 0.585. The van der Waals surface area contributed by atoms with E-state index >= 15 is 0 Å². The minimum Gasteiger partial charge on any atom is -0.497 e. The van der Waals surface area contributed by atoms with Crippen LogP contribution in [0.15, 0.2) is 42.5 Å². The van der Waals surface area contributed by atoms with E-state index in [-0.39, 0.29) is 43.2 Å². The van der Waals surface area contributed by atoms with Gasteiger partial charge >= 0.3 is 12.2 Å². The maximum absolute atomic E-state index is 14.7. The van der Waals surface area contributed by atoms with E-state index in [1.54, 1.807) is 58.5 Å². The molecule has 5 rings (SSSR count). The number of nitrogens with zero attached hydrogens (tertiary/aromatic N) is 5. The third kappa shape index (κ3) is 11.6. The minimum atomic E-state index is -1.16. The molecule has 3 heterocycles. The van der Waals surface area contributed by atoms with Crippen molar-refractivity contribution in [3.05, 3.63) is 53.6 Å². The fourth-order valence-corrected chi connectivity index (χ4v) is 7.32. The van der Waals surface area contributed by atoms with Crippen LogP contribution in [0.5, 0.6) is 5.75 Å². The molecule has 3 N–H and O–H groups in total. The molecular weight excluding hydrogens is 732 g/mol. The Labute approximate surface area is 334 Å². The van der Waals surface area contributed by atoms with Crippen LogP contribution < -0.4 is 15.4 Å². The first-order valence-corrected chi connectivity index (χ1v) is 19.6. The van der Waals surface area contributed by atoms with Crippen molar-refractivity contribution in [2.75, 3.05) is 33.3 Å². The summed E-state index contributed by atoms with van der Waals surface area (Å²) in [6, 6.07) is 10.5. The number of ether oxygens (including phenoxy) is 3. The Morgan fingerprint density at radius 3 is 2.26 bits per heavy atom. The highest BCUT2D eigenvalue weighted by molar-refractivity contribution is 5.92. The average Bonchev–Trinajstić information content (AvgIpc) is 3.79. The number of hydrogen-bond donors (Lipinski definition) is 3. The topological polar surface area (TPSA) is 188 Å². The number of H-pyrrole nitrogens is 1. The van der Waals surface area contributed by atoms with Gasteiger partial charge in [-0.2, -0.15) is 0 Å². The lowest BCUT2D eigenvalue weighted by molar-refractivity contribution is -0.141. The Morgan fingerprint density at radius 1 is 0.912 bits per heavy atom. The summed E-state index contributed by atoms with van der Waals surface area (Å²) >= 11 is 0. The molecule has 57 heavy (non-hydrogen) atoms. The van der Waals surface area contributed by atoms with E-state index in [9.17, 15) is 24.0 Å². The Hall–Kier alpha value is -5.41. The van der Waals surface area contributed by atoms with E-state index in [1.165, 1.54) is 4.90 Å². The maximum Gasteiger partial charge on any atom is 0.410 e. The van der Waals surface area contributed by atoms with Crippen molar-refractivity contribution in [2.45, 2.75) is 116 Å². The molecule has 1 aromatic heterocycles. The zero-order valence-corrected chi connectivity index (χ0v) is 34.6.